The molecule has 3 aromatic rings. The van der Waals surface area contributed by atoms with Crippen molar-refractivity contribution in [3.63, 3.8) is 0 Å². The number of carbonyl (C=O) groups is 1. The molecule has 5 rings (SSSR count). The van der Waals surface area contributed by atoms with Gasteiger partial charge in [-0.1, -0.05) is 18.2 Å². The van der Waals surface area contributed by atoms with Crippen LogP contribution >= 0.6 is 0 Å². The summed E-state index contributed by atoms with van der Waals surface area (Å²) in [4.78, 5) is 11.6. The second kappa shape index (κ2) is 9.82. The number of methoxy groups -OCH3 is 2. The quantitative estimate of drug-likeness (QED) is 0.249. The van der Waals surface area contributed by atoms with Crippen LogP contribution < -0.4 is 24.2 Å². The SMILES string of the molecule is COc1ccc(NS(=O)(=O)c2ccc3c(c2)C2C=CCC2C(c2ccc(OC(C)=O)c(OC)c2)N3)cc1. The average molecular weight is 521 g/mol. The van der Waals surface area contributed by atoms with Gasteiger partial charge in [-0.15, -0.1) is 0 Å². The number of sulfonamides is 1. The van der Waals surface area contributed by atoms with Crippen LogP contribution in [-0.4, -0.2) is 28.6 Å². The number of esters is 1. The van der Waals surface area contributed by atoms with Gasteiger partial charge in [0.2, 0.25) is 0 Å². The zero-order chi connectivity index (χ0) is 26.2. The number of nitrogens with one attached hydrogen (secondary N) is 2. The van der Waals surface area contributed by atoms with E-state index in [1.807, 2.05) is 18.2 Å². The molecule has 1 heterocycles. The van der Waals surface area contributed by atoms with E-state index in [0.717, 1.165) is 23.2 Å². The summed E-state index contributed by atoms with van der Waals surface area (Å²) < 4.78 is 44.9. The lowest BCUT2D eigenvalue weighted by Crippen LogP contribution is -2.29. The second-order valence-corrected chi connectivity index (χ2v) is 10.7. The van der Waals surface area contributed by atoms with Crippen molar-refractivity contribution >= 4 is 27.4 Å². The number of hydrogen-bond donors (Lipinski definition) is 2. The van der Waals surface area contributed by atoms with Crippen LogP contribution in [0, 0.1) is 5.92 Å². The molecule has 192 valence electrons. The highest BCUT2D eigenvalue weighted by Crippen LogP contribution is 2.51. The first kappa shape index (κ1) is 24.7. The molecular weight excluding hydrogens is 492 g/mol. The number of ether oxygens (including phenoxy) is 3. The second-order valence-electron chi connectivity index (χ2n) is 9.06. The van der Waals surface area contributed by atoms with Gasteiger partial charge in [0.25, 0.3) is 10.0 Å². The lowest BCUT2D eigenvalue weighted by molar-refractivity contribution is -0.132. The van der Waals surface area contributed by atoms with Gasteiger partial charge < -0.3 is 19.5 Å². The van der Waals surface area contributed by atoms with Gasteiger partial charge in [0.1, 0.15) is 5.75 Å². The van der Waals surface area contributed by atoms with Crippen LogP contribution in [0.25, 0.3) is 0 Å². The van der Waals surface area contributed by atoms with Gasteiger partial charge in [-0.2, -0.15) is 0 Å². The van der Waals surface area contributed by atoms with E-state index in [1.165, 1.54) is 14.0 Å². The number of rotatable bonds is 7. The fourth-order valence-electron chi connectivity index (χ4n) is 5.06. The molecule has 0 radical (unpaired) electrons. The molecule has 1 aliphatic carbocycles. The molecule has 3 aromatic carbocycles. The zero-order valence-corrected chi connectivity index (χ0v) is 21.5. The van der Waals surface area contributed by atoms with Crippen molar-refractivity contribution in [3.8, 4) is 17.2 Å². The van der Waals surface area contributed by atoms with Crippen LogP contribution in [-0.2, 0) is 14.8 Å². The van der Waals surface area contributed by atoms with E-state index in [4.69, 9.17) is 14.2 Å². The molecule has 0 amide bonds. The third-order valence-electron chi connectivity index (χ3n) is 6.79. The summed E-state index contributed by atoms with van der Waals surface area (Å²) in [6.07, 6.45) is 5.13. The Hall–Kier alpha value is -3.98. The summed E-state index contributed by atoms with van der Waals surface area (Å²) in [5.74, 6) is 1.32. The lowest BCUT2D eigenvalue weighted by Gasteiger charge is -2.38. The van der Waals surface area contributed by atoms with Gasteiger partial charge in [-0.3, -0.25) is 9.52 Å². The number of fused-ring (bicyclic) bond motifs is 3. The molecule has 9 heteroatoms. The number of hydrogen-bond acceptors (Lipinski definition) is 7. The van der Waals surface area contributed by atoms with Crippen LogP contribution in [0.15, 0.2) is 77.7 Å². The van der Waals surface area contributed by atoms with Crippen molar-refractivity contribution in [1.82, 2.24) is 0 Å². The van der Waals surface area contributed by atoms with E-state index in [9.17, 15) is 13.2 Å². The summed E-state index contributed by atoms with van der Waals surface area (Å²) in [6, 6.07) is 17.4. The van der Waals surface area contributed by atoms with Crippen molar-refractivity contribution < 1.29 is 27.4 Å². The molecule has 0 aromatic heterocycles. The highest BCUT2D eigenvalue weighted by Gasteiger charge is 2.38. The van der Waals surface area contributed by atoms with Gasteiger partial charge >= 0.3 is 5.97 Å². The Morgan fingerprint density at radius 2 is 1.76 bits per heavy atom. The van der Waals surface area contributed by atoms with Crippen LogP contribution in [0.1, 0.15) is 36.4 Å². The maximum atomic E-state index is 13.2. The maximum absolute atomic E-state index is 13.2. The van der Waals surface area contributed by atoms with Crippen LogP contribution in [0.3, 0.4) is 0 Å². The normalized spacial score (nSPS) is 19.8. The highest BCUT2D eigenvalue weighted by atomic mass is 32.2. The molecule has 0 saturated heterocycles. The predicted octanol–water partition coefficient (Wildman–Crippen LogP) is 5.26. The molecular formula is C28H28N2O6S. The van der Waals surface area contributed by atoms with E-state index in [1.54, 1.807) is 49.6 Å². The minimum atomic E-state index is -3.79. The summed E-state index contributed by atoms with van der Waals surface area (Å²) in [7, 11) is -0.686. The monoisotopic (exact) mass is 520 g/mol. The van der Waals surface area contributed by atoms with Gasteiger partial charge in [0.05, 0.1) is 25.2 Å². The maximum Gasteiger partial charge on any atom is 0.308 e. The first-order chi connectivity index (χ1) is 17.8. The Morgan fingerprint density at radius 1 is 0.973 bits per heavy atom. The standard InChI is InChI=1S/C28H28N2O6S/c1-17(31)36-26-14-7-18(15-27(26)35-3)28-23-6-4-5-22(23)24-16-21(12-13-25(24)29-28)37(32,33)30-19-8-10-20(34-2)11-9-19/h4-5,7-16,22-23,28-30H,6H2,1-3H3. The van der Waals surface area contributed by atoms with Gasteiger partial charge in [-0.05, 0) is 78.1 Å². The van der Waals surface area contributed by atoms with Crippen LogP contribution in [0.4, 0.5) is 11.4 Å². The molecule has 3 atom stereocenters. The van der Waals surface area contributed by atoms with E-state index in [2.05, 4.69) is 22.2 Å². The zero-order valence-electron chi connectivity index (χ0n) is 20.7. The summed E-state index contributed by atoms with van der Waals surface area (Å²) >= 11 is 0. The van der Waals surface area contributed by atoms with Crippen molar-refractivity contribution in [2.24, 2.45) is 5.92 Å². The topological polar surface area (TPSA) is 103 Å². The average Bonchev–Trinajstić information content (AvgIpc) is 3.38. The van der Waals surface area contributed by atoms with Crippen molar-refractivity contribution in [1.29, 1.82) is 0 Å². The Bertz CT molecular complexity index is 1470. The molecule has 2 aliphatic rings. The Morgan fingerprint density at radius 3 is 2.46 bits per heavy atom. The fraction of sp³-hybridized carbons (Fsp3) is 0.250. The molecule has 0 saturated carbocycles. The Kier molecular flexibility index (Phi) is 6.55. The summed E-state index contributed by atoms with van der Waals surface area (Å²) in [5.41, 5.74) is 3.27. The van der Waals surface area contributed by atoms with Gasteiger partial charge in [0, 0.05) is 24.2 Å². The number of anilines is 2. The number of carbonyl (C=O) groups excluding carboxylic acids is 1. The van der Waals surface area contributed by atoms with E-state index in [0.29, 0.717) is 22.9 Å². The summed E-state index contributed by atoms with van der Waals surface area (Å²) in [6.45, 7) is 1.35. The molecule has 0 bridgehead atoms. The van der Waals surface area contributed by atoms with Gasteiger partial charge in [0.15, 0.2) is 11.5 Å². The largest absolute Gasteiger partial charge is 0.497 e. The molecule has 0 spiro atoms. The molecule has 1 aliphatic heterocycles. The minimum Gasteiger partial charge on any atom is -0.497 e. The van der Waals surface area contributed by atoms with Crippen molar-refractivity contribution in [2.75, 3.05) is 24.3 Å². The van der Waals surface area contributed by atoms with E-state index in [-0.39, 0.29) is 22.8 Å². The first-order valence-corrected chi connectivity index (χ1v) is 13.4. The lowest BCUT2D eigenvalue weighted by atomic mass is 9.77. The molecule has 8 nitrogen and oxygen atoms in total. The molecule has 0 fully saturated rings. The Labute approximate surface area is 216 Å². The summed E-state index contributed by atoms with van der Waals surface area (Å²) in [5, 5.41) is 3.60. The molecule has 3 unspecified atom stereocenters. The van der Waals surface area contributed by atoms with Crippen LogP contribution in [0.2, 0.25) is 0 Å². The number of benzene rings is 3. The molecule has 37 heavy (non-hydrogen) atoms. The minimum absolute atomic E-state index is 0.0346. The Balaban J connectivity index is 1.44. The van der Waals surface area contributed by atoms with Crippen molar-refractivity contribution in [3.05, 3.63) is 83.9 Å². The molecule has 2 N–H and O–H groups in total. The highest BCUT2D eigenvalue weighted by molar-refractivity contribution is 7.92. The van der Waals surface area contributed by atoms with E-state index < -0.39 is 16.0 Å². The van der Waals surface area contributed by atoms with Crippen molar-refractivity contribution in [2.45, 2.75) is 30.2 Å². The smallest absolute Gasteiger partial charge is 0.308 e. The number of allylic oxidation sites excluding steroid dienone is 2. The van der Waals surface area contributed by atoms with Crippen LogP contribution in [0.5, 0.6) is 17.2 Å². The fourth-order valence-corrected chi connectivity index (χ4v) is 6.15. The third kappa shape index (κ3) is 4.86. The first-order valence-electron chi connectivity index (χ1n) is 11.9. The predicted molar refractivity (Wildman–Crippen MR) is 141 cm³/mol. The third-order valence-corrected chi connectivity index (χ3v) is 8.17. The van der Waals surface area contributed by atoms with E-state index >= 15 is 0 Å². The van der Waals surface area contributed by atoms with Gasteiger partial charge in [-0.25, -0.2) is 8.42 Å².